The van der Waals surface area contributed by atoms with E-state index in [0.717, 1.165) is 17.0 Å². The molecule has 0 bridgehead atoms. The van der Waals surface area contributed by atoms with Crippen LogP contribution in [0.15, 0.2) is 41.5 Å². The highest BCUT2D eigenvalue weighted by Gasteiger charge is 2.10. The number of nitrogens with one attached hydrogen (secondary N) is 2. The Kier molecular flexibility index (Phi) is 4.66. The summed E-state index contributed by atoms with van der Waals surface area (Å²) in [5, 5.41) is 18.3. The summed E-state index contributed by atoms with van der Waals surface area (Å²) in [6.07, 6.45) is 5.36. The summed E-state index contributed by atoms with van der Waals surface area (Å²) < 4.78 is 7.22. The molecule has 0 saturated carbocycles. The number of H-pyrrole nitrogens is 2. The summed E-state index contributed by atoms with van der Waals surface area (Å²) in [4.78, 5) is 0. The number of aromatic amines is 2. The molecule has 0 aliphatic carbocycles. The van der Waals surface area contributed by atoms with Gasteiger partial charge in [-0.1, -0.05) is 18.2 Å². The van der Waals surface area contributed by atoms with Gasteiger partial charge in [0.1, 0.15) is 11.4 Å². The molecular formula is C16H16N6OS. The molecule has 0 radical (unpaired) electrons. The van der Waals surface area contributed by atoms with Crippen LogP contribution >= 0.6 is 12.2 Å². The molecule has 0 amide bonds. The maximum absolute atomic E-state index is 5.30. The van der Waals surface area contributed by atoms with Gasteiger partial charge in [0.15, 0.2) is 0 Å². The van der Waals surface area contributed by atoms with E-state index in [0.29, 0.717) is 16.3 Å². The fourth-order valence-corrected chi connectivity index (χ4v) is 2.33. The van der Waals surface area contributed by atoms with Crippen molar-refractivity contribution in [3.05, 3.63) is 52.4 Å². The lowest BCUT2D eigenvalue weighted by molar-refractivity contribution is 0.414. The van der Waals surface area contributed by atoms with Crippen LogP contribution in [0.5, 0.6) is 5.75 Å². The van der Waals surface area contributed by atoms with Crippen molar-refractivity contribution in [3.63, 3.8) is 0 Å². The number of hydrogen-bond acceptors (Lipinski definition) is 5. The van der Waals surface area contributed by atoms with E-state index >= 15 is 0 Å². The van der Waals surface area contributed by atoms with E-state index in [1.807, 2.05) is 49.4 Å². The number of allylic oxidation sites excluding steroid dienone is 1. The summed E-state index contributed by atoms with van der Waals surface area (Å²) in [5.41, 5.74) is 2.57. The van der Waals surface area contributed by atoms with E-state index < -0.39 is 0 Å². The number of ether oxygens (including phenoxy) is 1. The van der Waals surface area contributed by atoms with E-state index in [1.54, 1.807) is 13.3 Å². The van der Waals surface area contributed by atoms with Crippen molar-refractivity contribution >= 4 is 24.5 Å². The molecule has 0 unspecified atom stereocenters. The van der Waals surface area contributed by atoms with E-state index in [-0.39, 0.29) is 0 Å². The number of hydrogen-bond donors (Lipinski definition) is 2. The summed E-state index contributed by atoms with van der Waals surface area (Å²) in [6.45, 7) is 1.92. The zero-order valence-electron chi connectivity index (χ0n) is 13.2. The summed E-state index contributed by atoms with van der Waals surface area (Å²) >= 11 is 5.21. The lowest BCUT2D eigenvalue weighted by Gasteiger charge is -2.02. The van der Waals surface area contributed by atoms with Gasteiger partial charge in [0, 0.05) is 17.5 Å². The number of para-hydroxylation sites is 1. The Morgan fingerprint density at radius 1 is 1.25 bits per heavy atom. The number of rotatable bonds is 5. The minimum absolute atomic E-state index is 0.396. The van der Waals surface area contributed by atoms with Crippen molar-refractivity contribution in [2.75, 3.05) is 7.11 Å². The van der Waals surface area contributed by atoms with Crippen LogP contribution in [0.1, 0.15) is 11.3 Å². The van der Waals surface area contributed by atoms with Gasteiger partial charge in [-0.05, 0) is 43.4 Å². The Balaban J connectivity index is 1.84. The van der Waals surface area contributed by atoms with Crippen LogP contribution in [-0.4, -0.2) is 38.4 Å². The summed E-state index contributed by atoms with van der Waals surface area (Å²) in [5.74, 6) is 1.35. The largest absolute Gasteiger partial charge is 0.496 e. The number of nitrogens with zero attached hydrogens (tertiary/aromatic N) is 4. The predicted molar refractivity (Wildman–Crippen MR) is 95.6 cm³/mol. The van der Waals surface area contributed by atoms with Gasteiger partial charge in [0.2, 0.25) is 10.6 Å². The molecule has 1 aromatic carbocycles. The van der Waals surface area contributed by atoms with Gasteiger partial charge in [-0.3, -0.25) is 5.10 Å². The molecule has 0 saturated heterocycles. The first-order valence-corrected chi connectivity index (χ1v) is 7.63. The third-order valence-electron chi connectivity index (χ3n) is 3.27. The molecule has 0 atom stereocenters. The first kappa shape index (κ1) is 15.9. The van der Waals surface area contributed by atoms with Crippen molar-refractivity contribution in [2.45, 2.75) is 6.92 Å². The summed E-state index contributed by atoms with van der Waals surface area (Å²) in [6, 6.07) is 9.62. The van der Waals surface area contributed by atoms with Gasteiger partial charge in [-0.2, -0.15) is 20.0 Å². The number of aromatic nitrogens is 5. The molecule has 3 rings (SSSR count). The van der Waals surface area contributed by atoms with Crippen molar-refractivity contribution < 1.29 is 4.74 Å². The second-order valence-electron chi connectivity index (χ2n) is 4.97. The smallest absolute Gasteiger partial charge is 0.216 e. The first-order chi connectivity index (χ1) is 11.7. The van der Waals surface area contributed by atoms with Crippen molar-refractivity contribution in [3.8, 4) is 17.3 Å². The van der Waals surface area contributed by atoms with Crippen LogP contribution in [0, 0.1) is 11.7 Å². The van der Waals surface area contributed by atoms with Gasteiger partial charge in [0.05, 0.1) is 7.11 Å². The first-order valence-electron chi connectivity index (χ1n) is 7.23. The molecule has 0 fully saturated rings. The van der Waals surface area contributed by atoms with E-state index in [2.05, 4.69) is 25.5 Å². The lowest BCUT2D eigenvalue weighted by atomic mass is 10.2. The average Bonchev–Trinajstić information content (AvgIpc) is 3.18. The Morgan fingerprint density at radius 3 is 2.83 bits per heavy atom. The molecular weight excluding hydrogens is 324 g/mol. The van der Waals surface area contributed by atoms with E-state index in [4.69, 9.17) is 17.0 Å². The molecule has 0 aliphatic heterocycles. The van der Waals surface area contributed by atoms with Crippen LogP contribution in [0.4, 0.5) is 0 Å². The molecule has 7 nitrogen and oxygen atoms in total. The molecule has 24 heavy (non-hydrogen) atoms. The minimum Gasteiger partial charge on any atom is -0.496 e. The topological polar surface area (TPSA) is 83.9 Å². The minimum atomic E-state index is 0.396. The van der Waals surface area contributed by atoms with Crippen molar-refractivity contribution in [2.24, 2.45) is 5.10 Å². The molecule has 0 spiro atoms. The number of methoxy groups -OCH3 is 1. The average molecular weight is 340 g/mol. The van der Waals surface area contributed by atoms with Crippen LogP contribution in [0.3, 0.4) is 0 Å². The molecule has 2 aromatic heterocycles. The van der Waals surface area contributed by atoms with Crippen LogP contribution in [0.25, 0.3) is 17.6 Å². The quantitative estimate of drug-likeness (QED) is 0.552. The van der Waals surface area contributed by atoms with Gasteiger partial charge < -0.3 is 4.74 Å². The lowest BCUT2D eigenvalue weighted by Crippen LogP contribution is -1.94. The highest BCUT2D eigenvalue weighted by atomic mass is 32.1. The van der Waals surface area contributed by atoms with E-state index in [9.17, 15) is 0 Å². The van der Waals surface area contributed by atoms with Crippen LogP contribution < -0.4 is 4.74 Å². The highest BCUT2D eigenvalue weighted by Crippen LogP contribution is 2.18. The van der Waals surface area contributed by atoms with Crippen LogP contribution in [0.2, 0.25) is 0 Å². The van der Waals surface area contributed by atoms with Crippen LogP contribution in [-0.2, 0) is 0 Å². The van der Waals surface area contributed by atoms with Crippen molar-refractivity contribution in [1.82, 2.24) is 25.1 Å². The van der Waals surface area contributed by atoms with Gasteiger partial charge in [-0.15, -0.1) is 0 Å². The Hall–Kier alpha value is -3.00. The Labute approximate surface area is 143 Å². The maximum Gasteiger partial charge on any atom is 0.216 e. The summed E-state index contributed by atoms with van der Waals surface area (Å²) in [7, 11) is 1.64. The molecule has 0 aliphatic rings. The zero-order valence-corrected chi connectivity index (χ0v) is 14.0. The zero-order chi connectivity index (χ0) is 16.9. The second-order valence-corrected chi connectivity index (χ2v) is 5.35. The SMILES string of the molecule is COc1ccccc1C=CC=Nn1c(-c2cc(C)[nH]n2)n[nH]c1=S. The number of benzene rings is 1. The monoisotopic (exact) mass is 340 g/mol. The molecule has 3 aromatic rings. The Morgan fingerprint density at radius 2 is 2.08 bits per heavy atom. The molecule has 2 heterocycles. The molecule has 2 N–H and O–H groups in total. The fourth-order valence-electron chi connectivity index (χ4n) is 2.15. The molecule has 122 valence electrons. The Bertz CT molecular complexity index is 949. The standard InChI is InChI=1S/C16H16N6OS/c1-11-10-13(19-18-11)15-20-21-16(24)22(15)17-9-5-7-12-6-3-4-8-14(12)23-2/h3-10H,1-2H3,(H,18,19)(H,21,24). The normalized spacial score (nSPS) is 11.6. The number of aryl methyl sites for hydroxylation is 1. The van der Waals surface area contributed by atoms with E-state index in [1.165, 1.54) is 4.68 Å². The third-order valence-corrected chi connectivity index (χ3v) is 3.53. The fraction of sp³-hybridized carbons (Fsp3) is 0.125. The third kappa shape index (κ3) is 3.33. The second kappa shape index (κ2) is 7.05. The molecule has 8 heteroatoms. The van der Waals surface area contributed by atoms with Crippen molar-refractivity contribution in [1.29, 1.82) is 0 Å². The van der Waals surface area contributed by atoms with Gasteiger partial charge >= 0.3 is 0 Å². The van der Waals surface area contributed by atoms with Gasteiger partial charge in [0.25, 0.3) is 0 Å². The highest BCUT2D eigenvalue weighted by molar-refractivity contribution is 7.71. The maximum atomic E-state index is 5.30. The van der Waals surface area contributed by atoms with Gasteiger partial charge in [-0.25, -0.2) is 5.10 Å². The predicted octanol–water partition coefficient (Wildman–Crippen LogP) is 3.20.